The molecule has 3 rings (SSSR count). The van der Waals surface area contributed by atoms with Crippen molar-refractivity contribution in [1.29, 1.82) is 0 Å². The van der Waals surface area contributed by atoms with Crippen LogP contribution >= 0.6 is 0 Å². The molecule has 0 aromatic rings. The van der Waals surface area contributed by atoms with Crippen molar-refractivity contribution in [2.24, 2.45) is 11.8 Å². The molecule has 3 aliphatic rings. The molecule has 3 fully saturated rings. The Morgan fingerprint density at radius 2 is 2.12 bits per heavy atom. The Balaban J connectivity index is 1.57. The zero-order valence-corrected chi connectivity index (χ0v) is 10.6. The van der Waals surface area contributed by atoms with Gasteiger partial charge in [0.1, 0.15) is 0 Å². The smallest absolute Gasteiger partial charge is 0.0236 e. The zero-order valence-electron chi connectivity index (χ0n) is 10.6. The van der Waals surface area contributed by atoms with E-state index in [1.54, 1.807) is 0 Å². The molecule has 0 amide bonds. The molecule has 92 valence electrons. The Morgan fingerprint density at radius 1 is 1.19 bits per heavy atom. The Morgan fingerprint density at radius 3 is 2.94 bits per heavy atom. The summed E-state index contributed by atoms with van der Waals surface area (Å²) in [6, 6.07) is 1.76. The first-order chi connectivity index (χ1) is 7.86. The summed E-state index contributed by atoms with van der Waals surface area (Å²) < 4.78 is 0. The van der Waals surface area contributed by atoms with E-state index < -0.39 is 0 Å². The number of nitrogens with zero attached hydrogens (tertiary/aromatic N) is 1. The van der Waals surface area contributed by atoms with E-state index in [9.17, 15) is 0 Å². The fourth-order valence-corrected chi connectivity index (χ4v) is 4.15. The number of nitrogens with one attached hydrogen (secondary N) is 1. The number of rotatable bonds is 2. The molecule has 0 aromatic carbocycles. The lowest BCUT2D eigenvalue weighted by atomic mass is 9.83. The third kappa shape index (κ3) is 2.02. The van der Waals surface area contributed by atoms with Gasteiger partial charge >= 0.3 is 0 Å². The summed E-state index contributed by atoms with van der Waals surface area (Å²) in [6.07, 6.45) is 8.74. The molecule has 2 nitrogen and oxygen atoms in total. The molecule has 2 saturated heterocycles. The summed E-state index contributed by atoms with van der Waals surface area (Å²) >= 11 is 0. The molecule has 1 N–H and O–H groups in total. The first kappa shape index (κ1) is 11.0. The average molecular weight is 222 g/mol. The van der Waals surface area contributed by atoms with Crippen LogP contribution in [0.5, 0.6) is 0 Å². The highest BCUT2D eigenvalue weighted by Gasteiger charge is 2.39. The predicted octanol–water partition coefficient (Wildman–Crippen LogP) is 2.25. The molecule has 1 saturated carbocycles. The van der Waals surface area contributed by atoms with E-state index in [0.29, 0.717) is 0 Å². The molecule has 0 aromatic heterocycles. The second-order valence-electron chi connectivity index (χ2n) is 6.16. The Labute approximate surface area is 99.8 Å². The summed E-state index contributed by atoms with van der Waals surface area (Å²) in [4.78, 5) is 2.81. The fourth-order valence-electron chi connectivity index (χ4n) is 4.15. The van der Waals surface area contributed by atoms with Crippen molar-refractivity contribution in [2.75, 3.05) is 19.6 Å². The minimum absolute atomic E-state index is 0.835. The summed E-state index contributed by atoms with van der Waals surface area (Å²) in [6.45, 7) is 6.36. The maximum absolute atomic E-state index is 3.67. The Hall–Kier alpha value is -0.0800. The molecule has 0 radical (unpaired) electrons. The van der Waals surface area contributed by atoms with Gasteiger partial charge in [0.25, 0.3) is 0 Å². The van der Waals surface area contributed by atoms with Gasteiger partial charge in [0, 0.05) is 25.2 Å². The van der Waals surface area contributed by atoms with Crippen molar-refractivity contribution in [3.63, 3.8) is 0 Å². The molecule has 2 heteroatoms. The highest BCUT2D eigenvalue weighted by molar-refractivity contribution is 4.96. The van der Waals surface area contributed by atoms with E-state index >= 15 is 0 Å². The van der Waals surface area contributed by atoms with Crippen molar-refractivity contribution in [1.82, 2.24) is 10.2 Å². The highest BCUT2D eigenvalue weighted by Crippen LogP contribution is 2.34. The van der Waals surface area contributed by atoms with Gasteiger partial charge in [-0.2, -0.15) is 0 Å². The molecule has 1 aliphatic carbocycles. The summed E-state index contributed by atoms with van der Waals surface area (Å²) in [5.74, 6) is 1.99. The molecule has 0 spiro atoms. The summed E-state index contributed by atoms with van der Waals surface area (Å²) in [5, 5.41) is 3.67. The first-order valence-electron chi connectivity index (χ1n) is 7.34. The van der Waals surface area contributed by atoms with Gasteiger partial charge in [0.15, 0.2) is 0 Å². The van der Waals surface area contributed by atoms with Crippen LogP contribution in [-0.4, -0.2) is 36.6 Å². The second-order valence-corrected chi connectivity index (χ2v) is 6.16. The van der Waals surface area contributed by atoms with E-state index in [-0.39, 0.29) is 0 Å². The van der Waals surface area contributed by atoms with Crippen molar-refractivity contribution >= 4 is 0 Å². The summed E-state index contributed by atoms with van der Waals surface area (Å²) in [7, 11) is 0. The van der Waals surface area contributed by atoms with Crippen LogP contribution in [0.25, 0.3) is 0 Å². The Bertz CT molecular complexity index is 226. The van der Waals surface area contributed by atoms with Crippen LogP contribution in [0.2, 0.25) is 0 Å². The van der Waals surface area contributed by atoms with Gasteiger partial charge in [-0.1, -0.05) is 26.2 Å². The van der Waals surface area contributed by atoms with Crippen LogP contribution in [0.3, 0.4) is 0 Å². The van der Waals surface area contributed by atoms with Gasteiger partial charge in [0.2, 0.25) is 0 Å². The predicted molar refractivity (Wildman–Crippen MR) is 67.5 cm³/mol. The molecule has 2 aliphatic heterocycles. The fraction of sp³-hybridized carbons (Fsp3) is 1.00. The number of fused-ring (bicyclic) bond motifs is 1. The zero-order chi connectivity index (χ0) is 11.0. The lowest BCUT2D eigenvalue weighted by molar-refractivity contribution is 0.147. The largest absolute Gasteiger partial charge is 0.312 e. The topological polar surface area (TPSA) is 15.3 Å². The van der Waals surface area contributed by atoms with Crippen molar-refractivity contribution < 1.29 is 0 Å². The number of hydrogen-bond donors (Lipinski definition) is 1. The monoisotopic (exact) mass is 222 g/mol. The quantitative estimate of drug-likeness (QED) is 0.771. The third-order valence-electron chi connectivity index (χ3n) is 5.24. The van der Waals surface area contributed by atoms with Crippen LogP contribution in [0.15, 0.2) is 0 Å². The van der Waals surface area contributed by atoms with E-state index in [4.69, 9.17) is 0 Å². The highest BCUT2D eigenvalue weighted by atomic mass is 15.2. The maximum atomic E-state index is 3.67. The average Bonchev–Trinajstić information content (AvgIpc) is 2.89. The Kier molecular flexibility index (Phi) is 3.21. The lowest BCUT2D eigenvalue weighted by Crippen LogP contribution is -2.39. The number of hydrogen-bond acceptors (Lipinski definition) is 2. The van der Waals surface area contributed by atoms with Crippen molar-refractivity contribution in [2.45, 2.75) is 57.5 Å². The minimum atomic E-state index is 0.835. The molecule has 0 bridgehead atoms. The molecular weight excluding hydrogens is 196 g/mol. The molecule has 2 heterocycles. The van der Waals surface area contributed by atoms with E-state index in [0.717, 1.165) is 23.9 Å². The van der Waals surface area contributed by atoms with E-state index in [1.807, 2.05) is 0 Å². The van der Waals surface area contributed by atoms with Gasteiger partial charge < -0.3 is 5.32 Å². The summed E-state index contributed by atoms with van der Waals surface area (Å²) in [5.41, 5.74) is 0. The molecule has 2 unspecified atom stereocenters. The third-order valence-corrected chi connectivity index (χ3v) is 5.24. The van der Waals surface area contributed by atoms with Crippen LogP contribution < -0.4 is 5.32 Å². The van der Waals surface area contributed by atoms with E-state index in [2.05, 4.69) is 17.1 Å². The minimum Gasteiger partial charge on any atom is -0.312 e. The maximum Gasteiger partial charge on any atom is 0.0236 e. The molecule has 4 atom stereocenters. The van der Waals surface area contributed by atoms with Gasteiger partial charge in [-0.25, -0.2) is 0 Å². The van der Waals surface area contributed by atoms with Crippen molar-refractivity contribution in [3.05, 3.63) is 0 Å². The SMILES string of the molecule is CCC1CCCC(N2C[C@@H]3CCN[C@@H]3C2)C1. The molecule has 16 heavy (non-hydrogen) atoms. The van der Waals surface area contributed by atoms with E-state index in [1.165, 1.54) is 58.2 Å². The lowest BCUT2D eigenvalue weighted by Gasteiger charge is -2.35. The first-order valence-corrected chi connectivity index (χ1v) is 7.34. The van der Waals surface area contributed by atoms with Crippen LogP contribution in [0.1, 0.15) is 45.4 Å². The van der Waals surface area contributed by atoms with Crippen LogP contribution in [-0.2, 0) is 0 Å². The van der Waals surface area contributed by atoms with Gasteiger partial charge in [-0.05, 0) is 37.6 Å². The van der Waals surface area contributed by atoms with Crippen LogP contribution in [0.4, 0.5) is 0 Å². The number of likely N-dealkylation sites (tertiary alicyclic amines) is 1. The van der Waals surface area contributed by atoms with Crippen molar-refractivity contribution in [3.8, 4) is 0 Å². The standard InChI is InChI=1S/C14H26N2/c1-2-11-4-3-5-13(8-11)16-9-12-6-7-15-14(12)10-16/h11-15H,2-10H2,1H3/t11?,12-,13?,14+/m0/s1. The van der Waals surface area contributed by atoms with Gasteiger partial charge in [-0.15, -0.1) is 0 Å². The van der Waals surface area contributed by atoms with Gasteiger partial charge in [0.05, 0.1) is 0 Å². The normalized spacial score (nSPS) is 44.8. The second kappa shape index (κ2) is 4.66. The van der Waals surface area contributed by atoms with Gasteiger partial charge in [-0.3, -0.25) is 4.90 Å². The van der Waals surface area contributed by atoms with Crippen LogP contribution in [0, 0.1) is 11.8 Å². The molecular formula is C14H26N2.